The van der Waals surface area contributed by atoms with Crippen LogP contribution in [0.15, 0.2) is 23.8 Å². The highest BCUT2D eigenvalue weighted by atomic mass is 16.6. The molecule has 4 aliphatic carbocycles. The largest absolute Gasteiger partial charge is 0.478 e. The number of aliphatic carboxylic acids is 1. The van der Waals surface area contributed by atoms with Crippen molar-refractivity contribution in [3.8, 4) is 0 Å². The van der Waals surface area contributed by atoms with E-state index in [-0.39, 0.29) is 48.7 Å². The summed E-state index contributed by atoms with van der Waals surface area (Å²) in [5, 5.41) is 21.6. The Morgan fingerprint density at radius 1 is 1.30 bits per heavy atom. The maximum atomic E-state index is 12.5. The lowest BCUT2D eigenvalue weighted by Gasteiger charge is -2.60. The first-order valence-electron chi connectivity index (χ1n) is 11.1. The number of hydrogen-bond donors (Lipinski definition) is 2. The van der Waals surface area contributed by atoms with E-state index in [0.717, 1.165) is 12.0 Å². The van der Waals surface area contributed by atoms with E-state index in [1.54, 1.807) is 19.1 Å². The Morgan fingerprint density at radius 2 is 2.00 bits per heavy atom. The van der Waals surface area contributed by atoms with Crippen molar-refractivity contribution in [1.29, 1.82) is 0 Å². The molecule has 0 unspecified atom stereocenters. The fourth-order valence-electron chi connectivity index (χ4n) is 7.57. The molecule has 6 nitrogen and oxygen atoms in total. The van der Waals surface area contributed by atoms with Crippen LogP contribution in [0.1, 0.15) is 59.8 Å². The zero-order valence-corrected chi connectivity index (χ0v) is 18.2. The number of rotatable bonds is 3. The first-order valence-corrected chi connectivity index (χ1v) is 11.1. The summed E-state index contributed by atoms with van der Waals surface area (Å²) < 4.78 is 5.66. The maximum Gasteiger partial charge on any atom is 0.348 e. The van der Waals surface area contributed by atoms with Crippen LogP contribution in [0.4, 0.5) is 0 Å². The Balaban J connectivity index is 1.78. The number of esters is 1. The molecule has 3 saturated carbocycles. The molecular weight excluding hydrogens is 384 g/mol. The van der Waals surface area contributed by atoms with Crippen LogP contribution in [0.3, 0.4) is 0 Å². The van der Waals surface area contributed by atoms with Crippen LogP contribution in [0.2, 0.25) is 0 Å². The standard InChI is InChI=1S/C24H32O6/c1-5-19(27)30-24(21(28)29)9-7-16-15-10-13(2)17-11-14(25)6-8-22(17,3)20(15)18(26)12-23(16,24)4/h6,8,11,13,15-16,18,20,26H,5,7,9-10,12H2,1-4H3,(H,28,29)/t13-,15-,16-,18-,20+,22-,23-,24-/m0/s1. The molecule has 0 radical (unpaired) electrons. The molecule has 8 atom stereocenters. The Labute approximate surface area is 177 Å². The molecule has 0 aromatic rings. The summed E-state index contributed by atoms with van der Waals surface area (Å²) >= 11 is 0. The van der Waals surface area contributed by atoms with E-state index in [2.05, 4.69) is 13.8 Å². The molecule has 164 valence electrons. The number of fused-ring (bicyclic) bond motifs is 5. The fourth-order valence-corrected chi connectivity index (χ4v) is 7.57. The van der Waals surface area contributed by atoms with E-state index in [4.69, 9.17) is 4.74 Å². The number of allylic oxidation sites excluding steroid dienone is 4. The quantitative estimate of drug-likeness (QED) is 0.685. The minimum atomic E-state index is -1.60. The van der Waals surface area contributed by atoms with Crippen molar-refractivity contribution in [3.05, 3.63) is 23.8 Å². The predicted octanol–water partition coefficient (Wildman–Crippen LogP) is 3.29. The lowest BCUT2D eigenvalue weighted by Crippen LogP contribution is -2.63. The second-order valence-electron chi connectivity index (χ2n) is 10.2. The van der Waals surface area contributed by atoms with E-state index < -0.39 is 34.5 Å². The van der Waals surface area contributed by atoms with Crippen LogP contribution in [-0.2, 0) is 19.1 Å². The van der Waals surface area contributed by atoms with Gasteiger partial charge in [0.05, 0.1) is 6.10 Å². The van der Waals surface area contributed by atoms with Crippen LogP contribution in [0.5, 0.6) is 0 Å². The number of carbonyl (C=O) groups excluding carboxylic acids is 2. The van der Waals surface area contributed by atoms with Gasteiger partial charge in [0.25, 0.3) is 0 Å². The highest BCUT2D eigenvalue weighted by molar-refractivity contribution is 6.01. The number of ketones is 1. The fraction of sp³-hybridized carbons (Fsp3) is 0.708. The molecule has 0 spiro atoms. The molecule has 0 aromatic heterocycles. The Kier molecular flexibility index (Phi) is 4.81. The SMILES string of the molecule is CCC(=O)O[C@]1(C(=O)O)CC[C@H]2[C@@H]3C[C@H](C)C4=CC(=O)C=C[C@]4(C)[C@H]3[C@@H](O)C[C@@]21C. The summed E-state index contributed by atoms with van der Waals surface area (Å²) in [6, 6.07) is 0. The lowest BCUT2D eigenvalue weighted by atomic mass is 9.45. The van der Waals surface area contributed by atoms with Crippen LogP contribution in [0, 0.1) is 34.5 Å². The minimum absolute atomic E-state index is 0.0137. The summed E-state index contributed by atoms with van der Waals surface area (Å²) in [4.78, 5) is 36.7. The minimum Gasteiger partial charge on any atom is -0.478 e. The summed E-state index contributed by atoms with van der Waals surface area (Å²) in [6.07, 6.45) is 6.62. The van der Waals surface area contributed by atoms with Gasteiger partial charge in [0.15, 0.2) is 5.78 Å². The van der Waals surface area contributed by atoms with Gasteiger partial charge >= 0.3 is 11.9 Å². The first kappa shape index (κ1) is 21.3. The Bertz CT molecular complexity index is 858. The number of aliphatic hydroxyl groups is 1. The van der Waals surface area contributed by atoms with Crippen molar-refractivity contribution in [2.24, 2.45) is 34.5 Å². The van der Waals surface area contributed by atoms with Crippen LogP contribution in [0.25, 0.3) is 0 Å². The number of hydrogen-bond acceptors (Lipinski definition) is 5. The van der Waals surface area contributed by atoms with Gasteiger partial charge in [-0.25, -0.2) is 4.79 Å². The van der Waals surface area contributed by atoms with Gasteiger partial charge in [-0.1, -0.05) is 39.3 Å². The molecule has 0 heterocycles. The molecule has 2 N–H and O–H groups in total. The zero-order chi connectivity index (χ0) is 22.1. The van der Waals surface area contributed by atoms with Crippen LogP contribution in [-0.4, -0.2) is 39.6 Å². The average molecular weight is 417 g/mol. The molecule has 0 aliphatic heterocycles. The molecule has 4 rings (SSSR count). The molecule has 0 aromatic carbocycles. The van der Waals surface area contributed by atoms with Gasteiger partial charge in [-0.15, -0.1) is 0 Å². The Hall–Kier alpha value is -1.95. The van der Waals surface area contributed by atoms with Gasteiger partial charge in [-0.05, 0) is 55.6 Å². The van der Waals surface area contributed by atoms with Crippen LogP contribution >= 0.6 is 0 Å². The second kappa shape index (κ2) is 6.78. The average Bonchev–Trinajstić information content (AvgIpc) is 2.96. The van der Waals surface area contributed by atoms with Crippen molar-refractivity contribution < 1.29 is 29.3 Å². The van der Waals surface area contributed by atoms with Crippen molar-refractivity contribution in [2.75, 3.05) is 0 Å². The smallest absolute Gasteiger partial charge is 0.348 e. The molecular formula is C24H32O6. The van der Waals surface area contributed by atoms with Crippen LogP contribution < -0.4 is 0 Å². The number of carbonyl (C=O) groups is 3. The summed E-state index contributed by atoms with van der Waals surface area (Å²) in [5.74, 6) is -1.45. The van der Waals surface area contributed by atoms with Crippen molar-refractivity contribution in [2.45, 2.75) is 71.5 Å². The third kappa shape index (κ3) is 2.62. The van der Waals surface area contributed by atoms with E-state index >= 15 is 0 Å². The number of carboxylic acids is 1. The highest BCUT2D eigenvalue weighted by Gasteiger charge is 2.71. The predicted molar refractivity (Wildman–Crippen MR) is 109 cm³/mol. The molecule has 3 fully saturated rings. The third-order valence-electron chi connectivity index (χ3n) is 8.86. The molecule has 0 saturated heterocycles. The summed E-state index contributed by atoms with van der Waals surface area (Å²) in [7, 11) is 0. The molecule has 30 heavy (non-hydrogen) atoms. The van der Waals surface area contributed by atoms with Gasteiger partial charge in [0.1, 0.15) is 0 Å². The first-order chi connectivity index (χ1) is 14.0. The number of ether oxygens (including phenoxy) is 1. The topological polar surface area (TPSA) is 101 Å². The third-order valence-corrected chi connectivity index (χ3v) is 8.86. The van der Waals surface area contributed by atoms with E-state index in [0.29, 0.717) is 6.42 Å². The van der Waals surface area contributed by atoms with E-state index in [1.165, 1.54) is 0 Å². The van der Waals surface area contributed by atoms with Crippen molar-refractivity contribution >= 4 is 17.7 Å². The molecule has 0 amide bonds. The van der Waals surface area contributed by atoms with E-state index in [1.807, 2.05) is 13.0 Å². The normalized spacial score (nSPS) is 47.0. The lowest BCUT2D eigenvalue weighted by molar-refractivity contribution is -0.210. The van der Waals surface area contributed by atoms with Gasteiger partial charge < -0.3 is 14.9 Å². The van der Waals surface area contributed by atoms with Gasteiger partial charge in [0.2, 0.25) is 5.60 Å². The number of carboxylic acid groups (broad SMARTS) is 1. The second-order valence-corrected chi connectivity index (χ2v) is 10.2. The molecule has 4 aliphatic rings. The summed E-state index contributed by atoms with van der Waals surface area (Å²) in [6.45, 7) is 7.76. The monoisotopic (exact) mass is 416 g/mol. The highest BCUT2D eigenvalue weighted by Crippen LogP contribution is 2.68. The van der Waals surface area contributed by atoms with E-state index in [9.17, 15) is 24.6 Å². The van der Waals surface area contributed by atoms with Gasteiger partial charge in [-0.3, -0.25) is 9.59 Å². The molecule has 0 bridgehead atoms. The number of aliphatic hydroxyl groups excluding tert-OH is 1. The maximum absolute atomic E-state index is 12.5. The van der Waals surface area contributed by atoms with Crippen molar-refractivity contribution in [3.63, 3.8) is 0 Å². The Morgan fingerprint density at radius 3 is 2.63 bits per heavy atom. The van der Waals surface area contributed by atoms with Crippen molar-refractivity contribution in [1.82, 2.24) is 0 Å². The summed E-state index contributed by atoms with van der Waals surface area (Å²) in [5.41, 5.74) is -1.80. The van der Waals surface area contributed by atoms with Gasteiger partial charge in [-0.2, -0.15) is 0 Å². The zero-order valence-electron chi connectivity index (χ0n) is 18.2. The van der Waals surface area contributed by atoms with Gasteiger partial charge in [0, 0.05) is 23.2 Å². The molecule has 6 heteroatoms.